The topological polar surface area (TPSA) is 58.6 Å². The van der Waals surface area contributed by atoms with Gasteiger partial charge in [0.1, 0.15) is 11.2 Å². The lowest BCUT2D eigenvalue weighted by Gasteiger charge is -2.23. The van der Waals surface area contributed by atoms with Crippen molar-refractivity contribution in [3.05, 3.63) is 65.7 Å². The van der Waals surface area contributed by atoms with Crippen LogP contribution in [0.4, 0.5) is 0 Å². The summed E-state index contributed by atoms with van der Waals surface area (Å²) in [4.78, 5) is 27.2. The maximum absolute atomic E-state index is 12.9. The van der Waals surface area contributed by atoms with E-state index >= 15 is 0 Å². The summed E-state index contributed by atoms with van der Waals surface area (Å²) in [6.07, 6.45) is 1.90. The molecule has 0 saturated heterocycles. The number of nitrogens with zero attached hydrogens (tertiary/aromatic N) is 1. The first-order chi connectivity index (χ1) is 13.1. The van der Waals surface area contributed by atoms with E-state index < -0.39 is 5.41 Å². The van der Waals surface area contributed by atoms with Crippen molar-refractivity contribution in [3.8, 4) is 5.75 Å². The summed E-state index contributed by atoms with van der Waals surface area (Å²) in [5, 5.41) is 2.94. The van der Waals surface area contributed by atoms with Crippen molar-refractivity contribution in [2.24, 2.45) is 5.41 Å². The Morgan fingerprint density at radius 1 is 1.07 bits per heavy atom. The number of hydrogen-bond donors (Lipinski definition) is 1. The van der Waals surface area contributed by atoms with Crippen molar-refractivity contribution in [1.29, 1.82) is 0 Å². The Bertz CT molecular complexity index is 800. The normalized spacial score (nSPS) is 14.3. The van der Waals surface area contributed by atoms with Crippen LogP contribution in [-0.2, 0) is 22.6 Å². The molecule has 5 nitrogen and oxygen atoms in total. The SMILES string of the molecule is COc1ccccc1CCNC(=O)C1(C(=O)N(C)Cc2ccccc2)CC1. The number of ether oxygens (including phenoxy) is 1. The lowest BCUT2D eigenvalue weighted by molar-refractivity contribution is -0.143. The molecule has 142 valence electrons. The first-order valence-corrected chi connectivity index (χ1v) is 9.26. The van der Waals surface area contributed by atoms with Gasteiger partial charge in [0.2, 0.25) is 11.8 Å². The fraction of sp³-hybridized carbons (Fsp3) is 0.364. The number of hydrogen-bond acceptors (Lipinski definition) is 3. The van der Waals surface area contributed by atoms with Crippen LogP contribution in [0.1, 0.15) is 24.0 Å². The van der Waals surface area contributed by atoms with Gasteiger partial charge in [-0.25, -0.2) is 0 Å². The molecule has 1 N–H and O–H groups in total. The molecular weight excluding hydrogens is 340 g/mol. The minimum atomic E-state index is -0.885. The highest BCUT2D eigenvalue weighted by Crippen LogP contribution is 2.47. The predicted octanol–water partition coefficient (Wildman–Crippen LogP) is 2.79. The standard InChI is InChI=1S/C22H26N2O3/c1-24(16-17-8-4-3-5-9-17)21(26)22(13-14-22)20(25)23-15-12-18-10-6-7-11-19(18)27-2/h3-11H,12-16H2,1-2H3,(H,23,25). The maximum Gasteiger partial charge on any atom is 0.238 e. The molecule has 0 aromatic heterocycles. The molecule has 27 heavy (non-hydrogen) atoms. The molecule has 2 amide bonds. The zero-order valence-corrected chi connectivity index (χ0v) is 15.9. The van der Waals surface area contributed by atoms with Crippen molar-refractivity contribution in [2.45, 2.75) is 25.8 Å². The van der Waals surface area contributed by atoms with Gasteiger partial charge in [-0.2, -0.15) is 0 Å². The highest BCUT2D eigenvalue weighted by Gasteiger charge is 2.57. The van der Waals surface area contributed by atoms with E-state index in [0.29, 0.717) is 32.4 Å². The Morgan fingerprint density at radius 2 is 1.74 bits per heavy atom. The Morgan fingerprint density at radius 3 is 2.41 bits per heavy atom. The number of para-hydroxylation sites is 1. The van der Waals surface area contributed by atoms with E-state index in [9.17, 15) is 9.59 Å². The lowest BCUT2D eigenvalue weighted by atomic mass is 10.0. The number of rotatable bonds is 8. The van der Waals surface area contributed by atoms with Crippen molar-refractivity contribution >= 4 is 11.8 Å². The maximum atomic E-state index is 12.9. The van der Waals surface area contributed by atoms with Crippen molar-refractivity contribution in [3.63, 3.8) is 0 Å². The number of methoxy groups -OCH3 is 1. The molecule has 0 unspecified atom stereocenters. The summed E-state index contributed by atoms with van der Waals surface area (Å²) in [6, 6.07) is 17.6. The van der Waals surface area contributed by atoms with Crippen molar-refractivity contribution in [2.75, 3.05) is 20.7 Å². The molecule has 0 aliphatic heterocycles. The van der Waals surface area contributed by atoms with Gasteiger partial charge in [0.15, 0.2) is 0 Å². The van der Waals surface area contributed by atoms with Crippen LogP contribution in [0, 0.1) is 5.41 Å². The molecule has 1 fully saturated rings. The summed E-state index contributed by atoms with van der Waals surface area (Å²) < 4.78 is 5.34. The average molecular weight is 366 g/mol. The van der Waals surface area contributed by atoms with E-state index in [1.807, 2.05) is 54.6 Å². The van der Waals surface area contributed by atoms with E-state index in [-0.39, 0.29) is 11.8 Å². The van der Waals surface area contributed by atoms with Gasteiger partial charge < -0.3 is 15.0 Å². The van der Waals surface area contributed by atoms with Crippen LogP contribution >= 0.6 is 0 Å². The molecule has 0 atom stereocenters. The van der Waals surface area contributed by atoms with Gasteiger partial charge >= 0.3 is 0 Å². The smallest absolute Gasteiger partial charge is 0.238 e. The lowest BCUT2D eigenvalue weighted by Crippen LogP contribution is -2.44. The van der Waals surface area contributed by atoms with E-state index in [1.54, 1.807) is 19.1 Å². The molecule has 0 spiro atoms. The Labute approximate surface area is 160 Å². The molecule has 5 heteroatoms. The molecule has 0 heterocycles. The molecule has 0 radical (unpaired) electrons. The van der Waals surface area contributed by atoms with Gasteiger partial charge in [0.25, 0.3) is 0 Å². The van der Waals surface area contributed by atoms with Crippen LogP contribution in [0.15, 0.2) is 54.6 Å². The van der Waals surface area contributed by atoms with Gasteiger partial charge in [-0.05, 0) is 36.5 Å². The monoisotopic (exact) mass is 366 g/mol. The first kappa shape index (κ1) is 19.0. The van der Waals surface area contributed by atoms with Gasteiger partial charge in [0.05, 0.1) is 7.11 Å². The second-order valence-electron chi connectivity index (χ2n) is 7.05. The van der Waals surface area contributed by atoms with Crippen LogP contribution in [0.25, 0.3) is 0 Å². The number of nitrogens with one attached hydrogen (secondary N) is 1. The molecule has 3 rings (SSSR count). The van der Waals surface area contributed by atoms with Crippen LogP contribution in [0.3, 0.4) is 0 Å². The number of benzene rings is 2. The molecule has 2 aromatic carbocycles. The van der Waals surface area contributed by atoms with Crippen LogP contribution < -0.4 is 10.1 Å². The minimum Gasteiger partial charge on any atom is -0.496 e. The molecule has 1 aliphatic rings. The molecule has 1 aliphatic carbocycles. The Balaban J connectivity index is 1.55. The first-order valence-electron chi connectivity index (χ1n) is 9.26. The molecule has 0 bridgehead atoms. The number of amides is 2. The zero-order chi connectivity index (χ0) is 19.3. The fourth-order valence-electron chi connectivity index (χ4n) is 3.35. The van der Waals surface area contributed by atoms with Gasteiger partial charge in [-0.1, -0.05) is 48.5 Å². The highest BCUT2D eigenvalue weighted by atomic mass is 16.5. The average Bonchev–Trinajstić information content (AvgIpc) is 3.50. The van der Waals surface area contributed by atoms with Crippen molar-refractivity contribution in [1.82, 2.24) is 10.2 Å². The number of carbonyl (C=O) groups is 2. The van der Waals surface area contributed by atoms with E-state index in [1.165, 1.54) is 0 Å². The summed E-state index contributed by atoms with van der Waals surface area (Å²) >= 11 is 0. The quantitative estimate of drug-likeness (QED) is 0.731. The molecular formula is C22H26N2O3. The summed E-state index contributed by atoms with van der Waals surface area (Å²) in [6.45, 7) is 0.993. The largest absolute Gasteiger partial charge is 0.496 e. The van der Waals surface area contributed by atoms with Gasteiger partial charge in [-0.3, -0.25) is 9.59 Å². The second-order valence-corrected chi connectivity index (χ2v) is 7.05. The third-order valence-corrected chi connectivity index (χ3v) is 5.08. The highest BCUT2D eigenvalue weighted by molar-refractivity contribution is 6.07. The van der Waals surface area contributed by atoms with E-state index in [2.05, 4.69) is 5.32 Å². The summed E-state index contributed by atoms with van der Waals surface area (Å²) in [5.74, 6) is 0.551. The Kier molecular flexibility index (Phi) is 5.79. The third kappa shape index (κ3) is 4.30. The van der Waals surface area contributed by atoms with Gasteiger partial charge in [-0.15, -0.1) is 0 Å². The van der Waals surface area contributed by atoms with E-state index in [4.69, 9.17) is 4.74 Å². The molecule has 1 saturated carbocycles. The third-order valence-electron chi connectivity index (χ3n) is 5.08. The second kappa shape index (κ2) is 8.25. The van der Waals surface area contributed by atoms with Gasteiger partial charge in [0, 0.05) is 20.1 Å². The minimum absolute atomic E-state index is 0.0962. The van der Waals surface area contributed by atoms with Crippen LogP contribution in [0.5, 0.6) is 5.75 Å². The molecule has 2 aromatic rings. The van der Waals surface area contributed by atoms with Crippen molar-refractivity contribution < 1.29 is 14.3 Å². The predicted molar refractivity (Wildman–Crippen MR) is 104 cm³/mol. The van der Waals surface area contributed by atoms with E-state index in [0.717, 1.165) is 16.9 Å². The fourth-order valence-corrected chi connectivity index (χ4v) is 3.35. The number of carbonyl (C=O) groups excluding carboxylic acids is 2. The van der Waals surface area contributed by atoms with Crippen LogP contribution in [-0.4, -0.2) is 37.4 Å². The van der Waals surface area contributed by atoms with Crippen LogP contribution in [0.2, 0.25) is 0 Å². The Hall–Kier alpha value is -2.82. The summed E-state index contributed by atoms with van der Waals surface area (Å²) in [5.41, 5.74) is 1.21. The summed E-state index contributed by atoms with van der Waals surface area (Å²) in [7, 11) is 3.40. The zero-order valence-electron chi connectivity index (χ0n) is 15.9.